The highest BCUT2D eigenvalue weighted by atomic mass is 16.5. The molecule has 0 saturated carbocycles. The van der Waals surface area contributed by atoms with Gasteiger partial charge in [0.05, 0.1) is 17.8 Å². The number of nitrogens with zero attached hydrogens (tertiary/aromatic N) is 6. The Morgan fingerprint density at radius 2 is 2.10 bits per heavy atom. The van der Waals surface area contributed by atoms with Crippen LogP contribution < -0.4 is 19.7 Å². The second-order valence-corrected chi connectivity index (χ2v) is 9.59. The summed E-state index contributed by atoms with van der Waals surface area (Å²) >= 11 is 0. The van der Waals surface area contributed by atoms with E-state index >= 15 is 0 Å². The Labute approximate surface area is 226 Å². The Morgan fingerprint density at radius 1 is 1.21 bits per heavy atom. The molecule has 10 nitrogen and oxygen atoms in total. The second kappa shape index (κ2) is 10.2. The Hall–Kier alpha value is -4.73. The molecule has 39 heavy (non-hydrogen) atoms. The van der Waals surface area contributed by atoms with Crippen molar-refractivity contribution >= 4 is 34.3 Å². The molecule has 3 aromatic heterocycles. The number of aromatic nitrogens is 4. The van der Waals surface area contributed by atoms with E-state index in [0.29, 0.717) is 54.6 Å². The Bertz CT molecular complexity index is 1560. The van der Waals surface area contributed by atoms with Crippen LogP contribution in [0.15, 0.2) is 61.6 Å². The fraction of sp³-hybridized carbons (Fsp3) is 0.276. The molecule has 10 heteroatoms. The van der Waals surface area contributed by atoms with E-state index in [4.69, 9.17) is 14.5 Å². The highest BCUT2D eigenvalue weighted by molar-refractivity contribution is 5.90. The number of ether oxygens (including phenoxy) is 2. The van der Waals surface area contributed by atoms with Crippen LogP contribution in [-0.2, 0) is 11.2 Å². The number of carbonyl (C=O) groups is 1. The molecule has 198 valence electrons. The van der Waals surface area contributed by atoms with E-state index in [1.807, 2.05) is 48.2 Å². The molecule has 0 unspecified atom stereocenters. The molecule has 1 amide bonds. The van der Waals surface area contributed by atoms with Crippen molar-refractivity contribution in [3.05, 3.63) is 72.8 Å². The van der Waals surface area contributed by atoms with Gasteiger partial charge >= 0.3 is 0 Å². The number of pyridine rings is 2. The summed E-state index contributed by atoms with van der Waals surface area (Å²) in [6.45, 7) is 9.96. The summed E-state index contributed by atoms with van der Waals surface area (Å²) < 4.78 is 12.2. The van der Waals surface area contributed by atoms with E-state index < -0.39 is 0 Å². The standard InChI is InChI=1S/C29H29N7O3/c1-4-19-6-8-22(14-30-19)39-24-9-7-20(12-18(24)3)33-28-27-23(31-17-32-28)13-25-29(34-27)35-10-11-36(26(37)5-2)21(15-35)16-38-25/h5-9,12-14,17,21H,2,4,10-11,15-16H2,1,3H3,(H,31,32,33)/t21-/m0/s1. The van der Waals surface area contributed by atoms with Gasteiger partial charge in [-0.05, 0) is 55.3 Å². The van der Waals surface area contributed by atoms with Crippen molar-refractivity contribution in [2.24, 2.45) is 0 Å². The maximum Gasteiger partial charge on any atom is 0.246 e. The first-order valence-corrected chi connectivity index (χ1v) is 13.0. The topological polar surface area (TPSA) is 106 Å². The molecule has 1 saturated heterocycles. The van der Waals surface area contributed by atoms with Crippen LogP contribution in [0.4, 0.5) is 17.3 Å². The van der Waals surface area contributed by atoms with Gasteiger partial charge in [0.15, 0.2) is 17.4 Å². The maximum atomic E-state index is 12.3. The van der Waals surface area contributed by atoms with Crippen LogP contribution >= 0.6 is 0 Å². The van der Waals surface area contributed by atoms with Gasteiger partial charge in [0.2, 0.25) is 5.91 Å². The van der Waals surface area contributed by atoms with Crippen molar-refractivity contribution in [1.82, 2.24) is 24.8 Å². The minimum atomic E-state index is -0.0811. The fourth-order valence-electron chi connectivity index (χ4n) is 4.95. The minimum Gasteiger partial charge on any atom is -0.487 e. The fourth-order valence-corrected chi connectivity index (χ4v) is 4.95. The monoisotopic (exact) mass is 523 g/mol. The third kappa shape index (κ3) is 4.81. The summed E-state index contributed by atoms with van der Waals surface area (Å²) in [5.41, 5.74) is 4.15. The number of fused-ring (bicyclic) bond motifs is 5. The van der Waals surface area contributed by atoms with Gasteiger partial charge in [-0.2, -0.15) is 0 Å². The normalized spacial score (nSPS) is 16.2. The molecule has 1 N–H and O–H groups in total. The molecule has 5 heterocycles. The summed E-state index contributed by atoms with van der Waals surface area (Å²) in [4.78, 5) is 34.6. The van der Waals surface area contributed by atoms with Crippen molar-refractivity contribution in [2.75, 3.05) is 36.5 Å². The number of nitrogens with one attached hydrogen (secondary N) is 1. The van der Waals surface area contributed by atoms with Crippen LogP contribution in [-0.4, -0.2) is 63.0 Å². The molecule has 0 radical (unpaired) electrons. The summed E-state index contributed by atoms with van der Waals surface area (Å²) in [5, 5.41) is 3.40. The minimum absolute atomic E-state index is 0.0747. The molecule has 1 fully saturated rings. The molecule has 1 aromatic carbocycles. The van der Waals surface area contributed by atoms with Crippen molar-refractivity contribution in [1.29, 1.82) is 0 Å². The van der Waals surface area contributed by atoms with Crippen LogP contribution in [0, 0.1) is 6.92 Å². The van der Waals surface area contributed by atoms with Crippen molar-refractivity contribution in [3.8, 4) is 17.2 Å². The molecule has 0 aliphatic carbocycles. The third-order valence-electron chi connectivity index (χ3n) is 7.05. The van der Waals surface area contributed by atoms with Crippen LogP contribution in [0.3, 0.4) is 0 Å². The van der Waals surface area contributed by atoms with Crippen LogP contribution in [0.25, 0.3) is 11.0 Å². The molecular formula is C29H29N7O3. The van der Waals surface area contributed by atoms with Crippen LogP contribution in [0.5, 0.6) is 17.2 Å². The lowest BCUT2D eigenvalue weighted by atomic mass is 10.1. The number of carbonyl (C=O) groups excluding carboxylic acids is 1. The third-order valence-corrected chi connectivity index (χ3v) is 7.05. The zero-order chi connectivity index (χ0) is 26.9. The van der Waals surface area contributed by atoms with Gasteiger partial charge < -0.3 is 24.6 Å². The molecule has 1 atom stereocenters. The SMILES string of the molecule is C=CC(=O)N1CCN2C[C@H]1COc1cc3ncnc(Nc4ccc(Oc5ccc(CC)nc5)c(C)c4)c3nc12. The number of piperazine rings is 1. The van der Waals surface area contributed by atoms with Gasteiger partial charge in [-0.25, -0.2) is 15.0 Å². The van der Waals surface area contributed by atoms with Gasteiger partial charge in [0.1, 0.15) is 29.9 Å². The highest BCUT2D eigenvalue weighted by Crippen LogP contribution is 2.36. The first kappa shape index (κ1) is 24.6. The quantitative estimate of drug-likeness (QED) is 0.368. The molecule has 2 aliphatic rings. The van der Waals surface area contributed by atoms with Gasteiger partial charge in [-0.3, -0.25) is 9.78 Å². The number of benzene rings is 1. The number of amides is 1. The Balaban J connectivity index is 1.25. The van der Waals surface area contributed by atoms with Gasteiger partial charge in [0, 0.05) is 37.1 Å². The number of aryl methyl sites for hydroxylation is 2. The van der Waals surface area contributed by atoms with Crippen LogP contribution in [0.1, 0.15) is 18.2 Å². The molecule has 6 rings (SSSR count). The second-order valence-electron chi connectivity index (χ2n) is 9.59. The zero-order valence-electron chi connectivity index (χ0n) is 21.9. The predicted octanol–water partition coefficient (Wildman–Crippen LogP) is 4.42. The first-order valence-electron chi connectivity index (χ1n) is 13.0. The first-order chi connectivity index (χ1) is 19.0. The van der Waals surface area contributed by atoms with E-state index in [0.717, 1.165) is 34.9 Å². The average Bonchev–Trinajstić information content (AvgIpc) is 3.09. The summed E-state index contributed by atoms with van der Waals surface area (Å²) in [6.07, 6.45) is 5.50. The van der Waals surface area contributed by atoms with Gasteiger partial charge in [0.25, 0.3) is 0 Å². The largest absolute Gasteiger partial charge is 0.487 e. The predicted molar refractivity (Wildman–Crippen MR) is 149 cm³/mol. The smallest absolute Gasteiger partial charge is 0.246 e. The Kier molecular flexibility index (Phi) is 6.44. The number of rotatable bonds is 6. The van der Waals surface area contributed by atoms with Crippen molar-refractivity contribution in [3.63, 3.8) is 0 Å². The molecule has 0 spiro atoms. The Morgan fingerprint density at radius 3 is 2.87 bits per heavy atom. The van der Waals surface area contributed by atoms with E-state index in [1.165, 1.54) is 12.4 Å². The lowest BCUT2D eigenvalue weighted by molar-refractivity contribution is -0.129. The van der Waals surface area contributed by atoms with E-state index in [-0.39, 0.29) is 11.9 Å². The van der Waals surface area contributed by atoms with E-state index in [1.54, 1.807) is 6.20 Å². The van der Waals surface area contributed by atoms with Crippen molar-refractivity contribution in [2.45, 2.75) is 26.3 Å². The van der Waals surface area contributed by atoms with Gasteiger partial charge in [-0.1, -0.05) is 13.5 Å². The van der Waals surface area contributed by atoms with E-state index in [2.05, 4.69) is 38.7 Å². The zero-order valence-corrected chi connectivity index (χ0v) is 21.9. The molecular weight excluding hydrogens is 494 g/mol. The van der Waals surface area contributed by atoms with Crippen molar-refractivity contribution < 1.29 is 14.3 Å². The average molecular weight is 524 g/mol. The number of hydrogen-bond acceptors (Lipinski definition) is 9. The number of anilines is 3. The summed E-state index contributed by atoms with van der Waals surface area (Å²) in [6, 6.07) is 11.6. The number of hydrogen-bond donors (Lipinski definition) is 1. The lowest BCUT2D eigenvalue weighted by Gasteiger charge is -2.39. The van der Waals surface area contributed by atoms with Gasteiger partial charge in [-0.15, -0.1) is 0 Å². The molecule has 4 aromatic rings. The molecule has 2 aliphatic heterocycles. The highest BCUT2D eigenvalue weighted by Gasteiger charge is 2.34. The summed E-state index contributed by atoms with van der Waals surface area (Å²) in [5.74, 6) is 3.35. The molecule has 2 bridgehead atoms. The van der Waals surface area contributed by atoms with Crippen LogP contribution in [0.2, 0.25) is 0 Å². The lowest BCUT2D eigenvalue weighted by Crippen LogP contribution is -2.56. The van der Waals surface area contributed by atoms with E-state index in [9.17, 15) is 4.79 Å². The maximum absolute atomic E-state index is 12.3. The summed E-state index contributed by atoms with van der Waals surface area (Å²) in [7, 11) is 0.